The molecule has 1 aliphatic rings. The Bertz CT molecular complexity index is 544. The van der Waals surface area contributed by atoms with Crippen molar-refractivity contribution < 1.29 is 19.4 Å². The molecule has 21 heavy (non-hydrogen) atoms. The second-order valence-electron chi connectivity index (χ2n) is 5.07. The van der Waals surface area contributed by atoms with Crippen LogP contribution in [0.5, 0.6) is 5.75 Å². The SMILES string of the molecule is CCOc1ccc(/C=C/C(=O)NC2(C(=O)O)CCC2)cc1. The summed E-state index contributed by atoms with van der Waals surface area (Å²) in [6.07, 6.45) is 4.82. The number of carbonyl (C=O) groups excluding carboxylic acids is 1. The van der Waals surface area contributed by atoms with E-state index in [1.54, 1.807) is 6.08 Å². The van der Waals surface area contributed by atoms with Gasteiger partial charge in [-0.25, -0.2) is 4.79 Å². The minimum absolute atomic E-state index is 0.383. The second kappa shape index (κ2) is 6.43. The molecule has 0 spiro atoms. The Morgan fingerprint density at radius 2 is 2.00 bits per heavy atom. The highest BCUT2D eigenvalue weighted by Gasteiger charge is 2.45. The minimum Gasteiger partial charge on any atom is -0.494 e. The molecule has 0 aromatic heterocycles. The van der Waals surface area contributed by atoms with Gasteiger partial charge in [0.15, 0.2) is 0 Å². The van der Waals surface area contributed by atoms with Crippen LogP contribution in [-0.2, 0) is 9.59 Å². The van der Waals surface area contributed by atoms with Crippen LogP contribution in [0, 0.1) is 0 Å². The predicted molar refractivity (Wildman–Crippen MR) is 79.0 cm³/mol. The Kier molecular flexibility index (Phi) is 4.62. The van der Waals surface area contributed by atoms with E-state index in [2.05, 4.69) is 5.32 Å². The first-order valence-corrected chi connectivity index (χ1v) is 7.02. The van der Waals surface area contributed by atoms with E-state index in [-0.39, 0.29) is 5.91 Å². The molecule has 112 valence electrons. The number of carboxylic acid groups (broad SMARTS) is 1. The van der Waals surface area contributed by atoms with Gasteiger partial charge >= 0.3 is 5.97 Å². The lowest BCUT2D eigenvalue weighted by atomic mass is 9.77. The van der Waals surface area contributed by atoms with Gasteiger partial charge in [0.05, 0.1) is 6.61 Å². The molecule has 5 heteroatoms. The number of aliphatic carboxylic acids is 1. The molecule has 1 saturated carbocycles. The van der Waals surface area contributed by atoms with E-state index < -0.39 is 11.5 Å². The average Bonchev–Trinajstić information content (AvgIpc) is 2.42. The third-order valence-electron chi connectivity index (χ3n) is 3.60. The van der Waals surface area contributed by atoms with Crippen molar-refractivity contribution in [2.45, 2.75) is 31.7 Å². The summed E-state index contributed by atoms with van der Waals surface area (Å²) in [5.74, 6) is -0.569. The monoisotopic (exact) mass is 289 g/mol. The Balaban J connectivity index is 1.94. The molecule has 2 rings (SSSR count). The molecule has 1 aromatic rings. The summed E-state index contributed by atoms with van der Waals surface area (Å²) in [7, 11) is 0. The Labute approximate surface area is 123 Å². The fraction of sp³-hybridized carbons (Fsp3) is 0.375. The first kappa shape index (κ1) is 15.1. The summed E-state index contributed by atoms with van der Waals surface area (Å²) in [6.45, 7) is 2.52. The molecule has 1 fully saturated rings. The maximum absolute atomic E-state index is 11.8. The quantitative estimate of drug-likeness (QED) is 0.787. The fourth-order valence-electron chi connectivity index (χ4n) is 2.21. The van der Waals surface area contributed by atoms with Crippen molar-refractivity contribution in [1.29, 1.82) is 0 Å². The number of nitrogens with one attached hydrogen (secondary N) is 1. The van der Waals surface area contributed by atoms with Gasteiger partial charge in [0.1, 0.15) is 11.3 Å². The van der Waals surface area contributed by atoms with Crippen molar-refractivity contribution in [3.05, 3.63) is 35.9 Å². The zero-order chi connectivity index (χ0) is 15.3. The molecule has 0 heterocycles. The first-order chi connectivity index (χ1) is 10.1. The summed E-state index contributed by atoms with van der Waals surface area (Å²) >= 11 is 0. The lowest BCUT2D eigenvalue weighted by molar-refractivity contribution is -0.151. The Hall–Kier alpha value is -2.30. The van der Waals surface area contributed by atoms with Gasteiger partial charge in [0, 0.05) is 6.08 Å². The summed E-state index contributed by atoms with van der Waals surface area (Å²) in [4.78, 5) is 23.0. The molecule has 1 amide bonds. The van der Waals surface area contributed by atoms with Gasteiger partial charge in [-0.1, -0.05) is 12.1 Å². The zero-order valence-electron chi connectivity index (χ0n) is 12.0. The molecular formula is C16H19NO4. The summed E-state index contributed by atoms with van der Waals surface area (Å²) in [5.41, 5.74) is -0.216. The second-order valence-corrected chi connectivity index (χ2v) is 5.07. The van der Waals surface area contributed by atoms with Crippen LogP contribution in [0.4, 0.5) is 0 Å². The molecule has 1 aliphatic carbocycles. The summed E-state index contributed by atoms with van der Waals surface area (Å²) < 4.78 is 5.33. The third-order valence-corrected chi connectivity index (χ3v) is 3.60. The first-order valence-electron chi connectivity index (χ1n) is 7.02. The normalized spacial score (nSPS) is 16.2. The fourth-order valence-corrected chi connectivity index (χ4v) is 2.21. The third kappa shape index (κ3) is 3.62. The molecule has 0 aliphatic heterocycles. The summed E-state index contributed by atoms with van der Waals surface area (Å²) in [5, 5.41) is 11.7. The number of benzene rings is 1. The van der Waals surface area contributed by atoms with E-state index >= 15 is 0 Å². The largest absolute Gasteiger partial charge is 0.494 e. The number of carboxylic acids is 1. The van der Waals surface area contributed by atoms with Crippen LogP contribution in [0.25, 0.3) is 6.08 Å². The van der Waals surface area contributed by atoms with Crippen molar-refractivity contribution >= 4 is 18.0 Å². The van der Waals surface area contributed by atoms with Crippen LogP contribution in [0.3, 0.4) is 0 Å². The van der Waals surface area contributed by atoms with E-state index in [0.29, 0.717) is 19.4 Å². The molecule has 1 aromatic carbocycles. The number of ether oxygens (including phenoxy) is 1. The molecule has 0 bridgehead atoms. The van der Waals surface area contributed by atoms with Gasteiger partial charge < -0.3 is 15.2 Å². The number of carbonyl (C=O) groups is 2. The van der Waals surface area contributed by atoms with E-state index in [0.717, 1.165) is 17.7 Å². The molecule has 0 atom stereocenters. The smallest absolute Gasteiger partial charge is 0.329 e. The highest BCUT2D eigenvalue weighted by atomic mass is 16.5. The van der Waals surface area contributed by atoms with Gasteiger partial charge in [-0.3, -0.25) is 4.79 Å². The Morgan fingerprint density at radius 1 is 1.33 bits per heavy atom. The van der Waals surface area contributed by atoms with Gasteiger partial charge in [-0.2, -0.15) is 0 Å². The topological polar surface area (TPSA) is 75.6 Å². The highest BCUT2D eigenvalue weighted by Crippen LogP contribution is 2.31. The van der Waals surface area contributed by atoms with Crippen LogP contribution in [-0.4, -0.2) is 29.1 Å². The number of rotatable bonds is 6. The highest BCUT2D eigenvalue weighted by molar-refractivity contribution is 5.96. The van der Waals surface area contributed by atoms with Crippen LogP contribution in [0.2, 0.25) is 0 Å². The van der Waals surface area contributed by atoms with Crippen LogP contribution < -0.4 is 10.1 Å². The van der Waals surface area contributed by atoms with Crippen molar-refractivity contribution in [3.8, 4) is 5.75 Å². The molecule has 0 saturated heterocycles. The lowest BCUT2D eigenvalue weighted by Crippen LogP contribution is -2.58. The number of hydrogen-bond donors (Lipinski definition) is 2. The predicted octanol–water partition coefficient (Wildman–Crippen LogP) is 2.22. The van der Waals surface area contributed by atoms with Gasteiger partial charge in [0.25, 0.3) is 0 Å². The molecule has 5 nitrogen and oxygen atoms in total. The molecular weight excluding hydrogens is 270 g/mol. The van der Waals surface area contributed by atoms with Crippen molar-refractivity contribution in [2.75, 3.05) is 6.61 Å². The molecule has 2 N–H and O–H groups in total. The maximum atomic E-state index is 11.8. The van der Waals surface area contributed by atoms with E-state index in [1.807, 2.05) is 31.2 Å². The average molecular weight is 289 g/mol. The number of amides is 1. The van der Waals surface area contributed by atoms with Crippen LogP contribution in [0.15, 0.2) is 30.3 Å². The Morgan fingerprint density at radius 3 is 2.48 bits per heavy atom. The maximum Gasteiger partial charge on any atom is 0.329 e. The number of hydrogen-bond acceptors (Lipinski definition) is 3. The standard InChI is InChI=1S/C16H19NO4/c1-2-21-13-7-4-12(5-8-13)6-9-14(18)17-16(15(19)20)10-3-11-16/h4-9H,2-3,10-11H2,1H3,(H,17,18)(H,19,20)/b9-6+. The lowest BCUT2D eigenvalue weighted by Gasteiger charge is -2.37. The van der Waals surface area contributed by atoms with E-state index in [4.69, 9.17) is 9.84 Å². The van der Waals surface area contributed by atoms with E-state index in [1.165, 1.54) is 6.08 Å². The minimum atomic E-state index is -1.07. The van der Waals surface area contributed by atoms with Crippen LogP contribution >= 0.6 is 0 Å². The zero-order valence-corrected chi connectivity index (χ0v) is 12.0. The summed E-state index contributed by atoms with van der Waals surface area (Å²) in [6, 6.07) is 7.33. The molecule has 0 radical (unpaired) electrons. The van der Waals surface area contributed by atoms with Gasteiger partial charge in [-0.15, -0.1) is 0 Å². The van der Waals surface area contributed by atoms with E-state index in [9.17, 15) is 9.59 Å². The van der Waals surface area contributed by atoms with Crippen molar-refractivity contribution in [1.82, 2.24) is 5.32 Å². The van der Waals surface area contributed by atoms with Crippen LogP contribution in [0.1, 0.15) is 31.7 Å². The van der Waals surface area contributed by atoms with Gasteiger partial charge in [-0.05, 0) is 50.0 Å². The van der Waals surface area contributed by atoms with Crippen molar-refractivity contribution in [2.24, 2.45) is 0 Å². The van der Waals surface area contributed by atoms with Crippen molar-refractivity contribution in [3.63, 3.8) is 0 Å². The van der Waals surface area contributed by atoms with Gasteiger partial charge in [0.2, 0.25) is 5.91 Å². The molecule has 0 unspecified atom stereocenters.